The Balaban J connectivity index is 1.96. The largest absolute Gasteiger partial charge is 0.390 e. The van der Waals surface area contributed by atoms with Crippen molar-refractivity contribution in [1.29, 1.82) is 0 Å². The minimum absolute atomic E-state index is 0.400. The van der Waals surface area contributed by atoms with E-state index in [1.165, 1.54) is 32.1 Å². The van der Waals surface area contributed by atoms with Crippen molar-refractivity contribution in [2.75, 3.05) is 13.1 Å². The van der Waals surface area contributed by atoms with Crippen molar-refractivity contribution in [2.24, 2.45) is 11.8 Å². The summed E-state index contributed by atoms with van der Waals surface area (Å²) in [7, 11) is 0. The molecule has 1 heterocycles. The third-order valence-corrected chi connectivity index (χ3v) is 4.60. The third kappa shape index (κ3) is 2.54. The second-order valence-corrected chi connectivity index (χ2v) is 5.59. The van der Waals surface area contributed by atoms with Gasteiger partial charge in [0, 0.05) is 0 Å². The molecule has 0 spiro atoms. The number of nitrogens with one attached hydrogen (secondary N) is 1. The highest BCUT2D eigenvalue weighted by molar-refractivity contribution is 4.92. The maximum atomic E-state index is 10.7. The molecule has 2 N–H and O–H groups in total. The van der Waals surface area contributed by atoms with Crippen molar-refractivity contribution < 1.29 is 5.11 Å². The van der Waals surface area contributed by atoms with Gasteiger partial charge in [0.1, 0.15) is 0 Å². The van der Waals surface area contributed by atoms with Crippen LogP contribution in [0.3, 0.4) is 0 Å². The van der Waals surface area contributed by atoms with Crippen LogP contribution >= 0.6 is 0 Å². The molecule has 0 aromatic rings. The molecule has 2 nitrogen and oxygen atoms in total. The number of hydrogen-bond donors (Lipinski definition) is 2. The summed E-state index contributed by atoms with van der Waals surface area (Å²) in [6.07, 6.45) is 8.83. The Labute approximate surface area is 93.5 Å². The summed E-state index contributed by atoms with van der Waals surface area (Å²) in [6, 6.07) is 0. The zero-order chi connectivity index (χ0) is 10.7. The fourth-order valence-corrected chi connectivity index (χ4v) is 3.43. The van der Waals surface area contributed by atoms with E-state index in [9.17, 15) is 5.11 Å². The van der Waals surface area contributed by atoms with Crippen molar-refractivity contribution in [1.82, 2.24) is 5.32 Å². The van der Waals surface area contributed by atoms with Crippen LogP contribution in [0.25, 0.3) is 0 Å². The lowest BCUT2D eigenvalue weighted by molar-refractivity contribution is -0.0744. The van der Waals surface area contributed by atoms with Crippen molar-refractivity contribution in [2.45, 2.75) is 57.5 Å². The van der Waals surface area contributed by atoms with Gasteiger partial charge in [-0.05, 0) is 57.5 Å². The summed E-state index contributed by atoms with van der Waals surface area (Å²) < 4.78 is 0. The van der Waals surface area contributed by atoms with E-state index in [1.54, 1.807) is 0 Å². The van der Waals surface area contributed by atoms with Crippen molar-refractivity contribution >= 4 is 0 Å². The summed E-state index contributed by atoms with van der Waals surface area (Å²) in [4.78, 5) is 0. The number of aliphatic hydroxyl groups is 1. The first-order valence-corrected chi connectivity index (χ1v) is 6.64. The molecule has 88 valence electrons. The predicted octanol–water partition coefficient (Wildman–Crippen LogP) is 2.32. The third-order valence-electron chi connectivity index (χ3n) is 4.60. The smallest absolute Gasteiger partial charge is 0.0676 e. The minimum Gasteiger partial charge on any atom is -0.390 e. The molecule has 0 bridgehead atoms. The fourth-order valence-electron chi connectivity index (χ4n) is 3.43. The van der Waals surface area contributed by atoms with Crippen LogP contribution in [-0.2, 0) is 0 Å². The second-order valence-electron chi connectivity index (χ2n) is 5.59. The highest BCUT2D eigenvalue weighted by Gasteiger charge is 2.39. The zero-order valence-corrected chi connectivity index (χ0v) is 9.97. The molecular weight excluding hydrogens is 186 g/mol. The standard InChI is InChI=1S/C13H25NO/c1-13(15,11-5-3-2-4-6-11)12-7-9-14-10-8-12/h11-12,14-15H,2-10H2,1H3. The van der Waals surface area contributed by atoms with E-state index in [-0.39, 0.29) is 0 Å². The van der Waals surface area contributed by atoms with Gasteiger partial charge in [0.15, 0.2) is 0 Å². The van der Waals surface area contributed by atoms with Gasteiger partial charge in [-0.3, -0.25) is 0 Å². The SMILES string of the molecule is CC(O)(C1CCCCC1)C1CCNCC1. The van der Waals surface area contributed by atoms with Gasteiger partial charge in [-0.2, -0.15) is 0 Å². The lowest BCUT2D eigenvalue weighted by Crippen LogP contribution is -2.47. The number of hydrogen-bond acceptors (Lipinski definition) is 2. The summed E-state index contributed by atoms with van der Waals surface area (Å²) in [5.41, 5.74) is -0.400. The molecule has 15 heavy (non-hydrogen) atoms. The molecule has 1 aliphatic carbocycles. The topological polar surface area (TPSA) is 32.3 Å². The number of piperidine rings is 1. The van der Waals surface area contributed by atoms with E-state index < -0.39 is 5.60 Å². The molecule has 2 heteroatoms. The van der Waals surface area contributed by atoms with Crippen LogP contribution in [0.1, 0.15) is 51.9 Å². The molecule has 0 amide bonds. The lowest BCUT2D eigenvalue weighted by Gasteiger charge is -2.43. The Kier molecular flexibility index (Phi) is 3.68. The molecule has 2 fully saturated rings. The Hall–Kier alpha value is -0.0800. The average Bonchev–Trinajstić information content (AvgIpc) is 2.31. The Morgan fingerprint density at radius 3 is 2.07 bits per heavy atom. The van der Waals surface area contributed by atoms with E-state index in [4.69, 9.17) is 0 Å². The molecule has 1 saturated heterocycles. The van der Waals surface area contributed by atoms with Gasteiger partial charge in [-0.25, -0.2) is 0 Å². The summed E-state index contributed by atoms with van der Waals surface area (Å²) >= 11 is 0. The Morgan fingerprint density at radius 1 is 0.933 bits per heavy atom. The van der Waals surface area contributed by atoms with E-state index >= 15 is 0 Å². The van der Waals surface area contributed by atoms with Gasteiger partial charge in [0.25, 0.3) is 0 Å². The normalized spacial score (nSPS) is 30.0. The molecule has 1 unspecified atom stereocenters. The van der Waals surface area contributed by atoms with Gasteiger partial charge in [0.2, 0.25) is 0 Å². The Bertz CT molecular complexity index is 171. The monoisotopic (exact) mass is 211 g/mol. The lowest BCUT2D eigenvalue weighted by atomic mass is 9.69. The molecule has 0 aromatic carbocycles. The van der Waals surface area contributed by atoms with Crippen molar-refractivity contribution in [3.05, 3.63) is 0 Å². The predicted molar refractivity (Wildman–Crippen MR) is 62.8 cm³/mol. The second kappa shape index (κ2) is 4.84. The fraction of sp³-hybridized carbons (Fsp3) is 1.00. The van der Waals surface area contributed by atoms with Gasteiger partial charge >= 0.3 is 0 Å². The zero-order valence-electron chi connectivity index (χ0n) is 9.97. The quantitative estimate of drug-likeness (QED) is 0.734. The molecule has 1 atom stereocenters. The van der Waals surface area contributed by atoms with Crippen molar-refractivity contribution in [3.63, 3.8) is 0 Å². The van der Waals surface area contributed by atoms with Crippen LogP contribution in [0.15, 0.2) is 0 Å². The molecule has 1 saturated carbocycles. The van der Waals surface area contributed by atoms with Crippen molar-refractivity contribution in [3.8, 4) is 0 Å². The van der Waals surface area contributed by atoms with Crippen LogP contribution in [0.5, 0.6) is 0 Å². The van der Waals surface area contributed by atoms with Gasteiger partial charge in [0.05, 0.1) is 5.60 Å². The first-order chi connectivity index (χ1) is 7.21. The summed E-state index contributed by atoms with van der Waals surface area (Å²) in [5, 5.41) is 14.1. The van der Waals surface area contributed by atoms with E-state index in [0.29, 0.717) is 11.8 Å². The highest BCUT2D eigenvalue weighted by atomic mass is 16.3. The molecule has 0 aromatic heterocycles. The summed E-state index contributed by atoms with van der Waals surface area (Å²) in [5.74, 6) is 1.09. The van der Waals surface area contributed by atoms with Crippen LogP contribution in [0, 0.1) is 11.8 Å². The number of rotatable bonds is 2. The molecule has 0 radical (unpaired) electrons. The summed E-state index contributed by atoms with van der Waals surface area (Å²) in [6.45, 7) is 4.28. The molecule has 1 aliphatic heterocycles. The van der Waals surface area contributed by atoms with Gasteiger partial charge in [-0.1, -0.05) is 19.3 Å². The highest BCUT2D eigenvalue weighted by Crippen LogP contribution is 2.39. The van der Waals surface area contributed by atoms with Crippen LogP contribution in [0.4, 0.5) is 0 Å². The Morgan fingerprint density at radius 2 is 1.47 bits per heavy atom. The van der Waals surface area contributed by atoms with E-state index in [2.05, 4.69) is 12.2 Å². The maximum absolute atomic E-state index is 10.7. The maximum Gasteiger partial charge on any atom is 0.0676 e. The van der Waals surface area contributed by atoms with Crippen LogP contribution in [0.2, 0.25) is 0 Å². The van der Waals surface area contributed by atoms with E-state index in [0.717, 1.165) is 25.9 Å². The van der Waals surface area contributed by atoms with Crippen LogP contribution in [-0.4, -0.2) is 23.8 Å². The molecule has 2 rings (SSSR count). The first-order valence-electron chi connectivity index (χ1n) is 6.64. The first kappa shape index (κ1) is 11.4. The van der Waals surface area contributed by atoms with Crippen LogP contribution < -0.4 is 5.32 Å². The average molecular weight is 211 g/mol. The van der Waals surface area contributed by atoms with Gasteiger partial charge < -0.3 is 10.4 Å². The van der Waals surface area contributed by atoms with Gasteiger partial charge in [-0.15, -0.1) is 0 Å². The minimum atomic E-state index is -0.400. The van der Waals surface area contributed by atoms with E-state index in [1.807, 2.05) is 0 Å². The molecule has 2 aliphatic rings. The molecular formula is C13H25NO.